The van der Waals surface area contributed by atoms with E-state index < -0.39 is 0 Å². The van der Waals surface area contributed by atoms with Gasteiger partial charge >= 0.3 is 0 Å². The lowest BCUT2D eigenvalue weighted by Gasteiger charge is -2.42. The zero-order chi connectivity index (χ0) is 16.1. The molecule has 0 unspecified atom stereocenters. The van der Waals surface area contributed by atoms with Gasteiger partial charge in [-0.1, -0.05) is 30.5 Å². The fourth-order valence-corrected chi connectivity index (χ4v) is 4.60. The van der Waals surface area contributed by atoms with Crippen molar-refractivity contribution in [2.45, 2.75) is 38.1 Å². The Bertz CT molecular complexity index is 534. The summed E-state index contributed by atoms with van der Waals surface area (Å²) >= 11 is 2.07. The summed E-state index contributed by atoms with van der Waals surface area (Å²) < 4.78 is 0. The van der Waals surface area contributed by atoms with E-state index in [1.165, 1.54) is 55.8 Å². The van der Waals surface area contributed by atoms with Gasteiger partial charge in [-0.25, -0.2) is 0 Å². The van der Waals surface area contributed by atoms with Crippen LogP contribution in [0.5, 0.6) is 0 Å². The quantitative estimate of drug-likeness (QED) is 0.409. The van der Waals surface area contributed by atoms with Crippen molar-refractivity contribution < 1.29 is 0 Å². The molecule has 3 rings (SSSR count). The van der Waals surface area contributed by atoms with E-state index in [2.05, 4.69) is 41.0 Å². The average Bonchev–Trinajstić information content (AvgIpc) is 3.06. The second-order valence-electron chi connectivity index (χ2n) is 6.72. The Hall–Kier alpha value is -0.470. The zero-order valence-electron chi connectivity index (χ0n) is 14.5. The molecule has 1 aromatic carbocycles. The van der Waals surface area contributed by atoms with Crippen LogP contribution in [0.1, 0.15) is 31.2 Å². The van der Waals surface area contributed by atoms with Gasteiger partial charge < -0.3 is 11.1 Å². The van der Waals surface area contributed by atoms with E-state index >= 15 is 0 Å². The Balaban J connectivity index is 0.00000208. The van der Waals surface area contributed by atoms with Gasteiger partial charge in [0.1, 0.15) is 0 Å². The highest BCUT2D eigenvalue weighted by Crippen LogP contribution is 2.37. The van der Waals surface area contributed by atoms with Crippen molar-refractivity contribution >= 4 is 47.4 Å². The van der Waals surface area contributed by atoms with Gasteiger partial charge in [0.15, 0.2) is 5.96 Å². The van der Waals surface area contributed by atoms with Gasteiger partial charge in [0.05, 0.1) is 6.54 Å². The van der Waals surface area contributed by atoms with E-state index in [-0.39, 0.29) is 29.5 Å². The molecule has 134 valence electrons. The highest BCUT2D eigenvalue weighted by molar-refractivity contribution is 14.0. The largest absolute Gasteiger partial charge is 0.370 e. The zero-order valence-corrected chi connectivity index (χ0v) is 17.6. The molecule has 2 fully saturated rings. The van der Waals surface area contributed by atoms with E-state index in [1.807, 2.05) is 12.1 Å². The van der Waals surface area contributed by atoms with Gasteiger partial charge in [0.2, 0.25) is 0 Å². The lowest BCUT2D eigenvalue weighted by Crippen LogP contribution is -2.52. The first-order chi connectivity index (χ1) is 11.2. The molecule has 1 saturated heterocycles. The second-order valence-corrected chi connectivity index (χ2v) is 7.95. The van der Waals surface area contributed by atoms with Crippen LogP contribution in [-0.2, 0) is 0 Å². The summed E-state index contributed by atoms with van der Waals surface area (Å²) in [6.07, 6.45) is 5.17. The molecule has 0 bridgehead atoms. The molecule has 1 heterocycles. The van der Waals surface area contributed by atoms with Crippen LogP contribution < -0.4 is 11.1 Å². The van der Waals surface area contributed by atoms with Crippen LogP contribution in [0.15, 0.2) is 29.3 Å². The molecule has 0 radical (unpaired) electrons. The Labute approximate surface area is 167 Å². The first-order valence-electron chi connectivity index (χ1n) is 8.64. The van der Waals surface area contributed by atoms with Crippen molar-refractivity contribution in [3.63, 3.8) is 0 Å². The fourth-order valence-electron chi connectivity index (χ4n) is 3.70. The van der Waals surface area contributed by atoms with Crippen molar-refractivity contribution in [3.8, 4) is 0 Å². The summed E-state index contributed by atoms with van der Waals surface area (Å²) in [5.74, 6) is 3.04. The van der Waals surface area contributed by atoms with Crippen molar-refractivity contribution in [3.05, 3.63) is 29.8 Å². The number of benzene rings is 1. The number of thioether (sulfide) groups is 1. The van der Waals surface area contributed by atoms with Crippen molar-refractivity contribution in [2.75, 3.05) is 36.5 Å². The Kier molecular flexibility index (Phi) is 7.68. The average molecular weight is 460 g/mol. The summed E-state index contributed by atoms with van der Waals surface area (Å²) in [5, 5.41) is 3.22. The third-order valence-electron chi connectivity index (χ3n) is 5.08. The summed E-state index contributed by atoms with van der Waals surface area (Å²) in [4.78, 5) is 7.39. The first-order valence-corrected chi connectivity index (χ1v) is 9.80. The molecular weight excluding hydrogens is 431 g/mol. The maximum absolute atomic E-state index is 6.13. The highest BCUT2D eigenvalue weighted by Gasteiger charge is 2.39. The van der Waals surface area contributed by atoms with E-state index in [1.54, 1.807) is 0 Å². The van der Waals surface area contributed by atoms with Crippen LogP contribution in [0.3, 0.4) is 0 Å². The van der Waals surface area contributed by atoms with Gasteiger partial charge in [-0.05, 0) is 31.9 Å². The molecule has 2 aliphatic rings. The van der Waals surface area contributed by atoms with Gasteiger partial charge in [-0.3, -0.25) is 9.89 Å². The molecule has 0 spiro atoms. The van der Waals surface area contributed by atoms with Gasteiger partial charge in [-0.15, -0.1) is 24.0 Å². The highest BCUT2D eigenvalue weighted by atomic mass is 127. The van der Waals surface area contributed by atoms with Crippen LogP contribution in [0.4, 0.5) is 5.69 Å². The number of rotatable bonds is 4. The molecule has 1 aromatic rings. The lowest BCUT2D eigenvalue weighted by atomic mass is 9.95. The molecule has 0 aromatic heterocycles. The Morgan fingerprint density at radius 3 is 2.46 bits per heavy atom. The number of nitrogens with two attached hydrogens (primary N) is 1. The summed E-state index contributed by atoms with van der Waals surface area (Å²) in [5.41, 5.74) is 8.63. The van der Waals surface area contributed by atoms with Crippen molar-refractivity contribution in [1.82, 2.24) is 4.90 Å². The standard InChI is InChI=1S/C18H28N4S.HI/c1-15-4-6-16(7-5-15)21-17(19)20-14-18(8-2-3-9-18)22-10-12-23-13-11-22;/h4-7H,2-3,8-14H2,1H3,(H3,19,20,21);1H. The maximum atomic E-state index is 6.13. The number of aliphatic imine (C=N–C) groups is 1. The van der Waals surface area contributed by atoms with E-state index in [0.29, 0.717) is 5.96 Å². The van der Waals surface area contributed by atoms with Crippen LogP contribution in [0.25, 0.3) is 0 Å². The van der Waals surface area contributed by atoms with E-state index in [9.17, 15) is 0 Å². The third-order valence-corrected chi connectivity index (χ3v) is 6.03. The number of hydrogen-bond acceptors (Lipinski definition) is 3. The lowest BCUT2D eigenvalue weighted by molar-refractivity contribution is 0.112. The predicted octanol–water partition coefficient (Wildman–Crippen LogP) is 3.70. The van der Waals surface area contributed by atoms with E-state index in [0.717, 1.165) is 12.2 Å². The minimum Gasteiger partial charge on any atom is -0.370 e. The Morgan fingerprint density at radius 2 is 1.83 bits per heavy atom. The summed E-state index contributed by atoms with van der Waals surface area (Å²) in [6, 6.07) is 8.26. The molecule has 6 heteroatoms. The SMILES string of the molecule is Cc1ccc(NC(N)=NCC2(N3CCSCC3)CCCC2)cc1.I. The van der Waals surface area contributed by atoms with Crippen LogP contribution in [0, 0.1) is 6.92 Å². The number of nitrogens with zero attached hydrogens (tertiary/aromatic N) is 2. The monoisotopic (exact) mass is 460 g/mol. The number of anilines is 1. The first kappa shape index (κ1) is 19.8. The van der Waals surface area contributed by atoms with Gasteiger partial charge in [0.25, 0.3) is 0 Å². The molecule has 1 saturated carbocycles. The number of guanidine groups is 1. The smallest absolute Gasteiger partial charge is 0.193 e. The predicted molar refractivity (Wildman–Crippen MR) is 117 cm³/mol. The molecule has 24 heavy (non-hydrogen) atoms. The molecule has 3 N–H and O–H groups in total. The number of nitrogens with one attached hydrogen (secondary N) is 1. The minimum atomic E-state index is 0. The molecule has 0 atom stereocenters. The summed E-state index contributed by atoms with van der Waals surface area (Å²) in [7, 11) is 0. The molecule has 1 aliphatic heterocycles. The van der Waals surface area contributed by atoms with Crippen LogP contribution in [-0.4, -0.2) is 47.5 Å². The minimum absolute atomic E-state index is 0. The number of hydrogen-bond donors (Lipinski definition) is 2. The fraction of sp³-hybridized carbons (Fsp3) is 0.611. The Morgan fingerprint density at radius 1 is 1.21 bits per heavy atom. The van der Waals surface area contributed by atoms with E-state index in [4.69, 9.17) is 10.7 Å². The van der Waals surface area contributed by atoms with Crippen molar-refractivity contribution in [1.29, 1.82) is 0 Å². The number of aryl methyl sites for hydroxylation is 1. The molecule has 0 amide bonds. The maximum Gasteiger partial charge on any atom is 0.193 e. The van der Waals surface area contributed by atoms with Gasteiger partial charge in [0, 0.05) is 35.8 Å². The van der Waals surface area contributed by atoms with Gasteiger partial charge in [-0.2, -0.15) is 11.8 Å². The summed E-state index contributed by atoms with van der Waals surface area (Å²) in [6.45, 7) is 5.31. The second kappa shape index (κ2) is 9.29. The third kappa shape index (κ3) is 5.02. The van der Waals surface area contributed by atoms with Crippen LogP contribution >= 0.6 is 35.7 Å². The molecule has 1 aliphatic carbocycles. The van der Waals surface area contributed by atoms with Crippen molar-refractivity contribution in [2.24, 2.45) is 10.7 Å². The number of halogens is 1. The van der Waals surface area contributed by atoms with Crippen LogP contribution in [0.2, 0.25) is 0 Å². The normalized spacial score (nSPS) is 21.3. The topological polar surface area (TPSA) is 53.6 Å². The molecule has 4 nitrogen and oxygen atoms in total. The molecular formula is C18H29IN4S.